The summed E-state index contributed by atoms with van der Waals surface area (Å²) in [5.74, 6) is 0.0508. The van der Waals surface area contributed by atoms with Gasteiger partial charge in [-0.15, -0.1) is 0 Å². The van der Waals surface area contributed by atoms with Crippen molar-refractivity contribution in [1.29, 1.82) is 0 Å². The summed E-state index contributed by atoms with van der Waals surface area (Å²) in [7, 11) is 0. The monoisotopic (exact) mass is 266 g/mol. The molecule has 0 aliphatic heterocycles. The highest BCUT2D eigenvalue weighted by Gasteiger charge is 2.26. The molecular weight excluding hydrogens is 248 g/mol. The molecule has 0 radical (unpaired) electrons. The van der Waals surface area contributed by atoms with Gasteiger partial charge in [0.15, 0.2) is 0 Å². The fourth-order valence-corrected chi connectivity index (χ4v) is 2.78. The average Bonchev–Trinajstić information content (AvgIpc) is 2.89. The first-order chi connectivity index (χ1) is 8.72. The number of hydrogen-bond acceptors (Lipinski definition) is 2. The maximum Gasteiger partial charge on any atom is 0.254 e. The van der Waals surface area contributed by atoms with E-state index in [9.17, 15) is 4.79 Å². The quantitative estimate of drug-likeness (QED) is 0.911. The average molecular weight is 267 g/mol. The van der Waals surface area contributed by atoms with Crippen LogP contribution in [0, 0.1) is 0 Å². The van der Waals surface area contributed by atoms with Crippen LogP contribution in [0.1, 0.15) is 36.0 Å². The molecule has 1 fully saturated rings. The van der Waals surface area contributed by atoms with Crippen LogP contribution in [0.25, 0.3) is 0 Å². The van der Waals surface area contributed by atoms with Crippen LogP contribution in [0.5, 0.6) is 0 Å². The molecule has 4 heteroatoms. The van der Waals surface area contributed by atoms with Crippen molar-refractivity contribution in [2.45, 2.75) is 31.7 Å². The van der Waals surface area contributed by atoms with Gasteiger partial charge in [-0.2, -0.15) is 0 Å². The van der Waals surface area contributed by atoms with Gasteiger partial charge in [-0.05, 0) is 31.0 Å². The van der Waals surface area contributed by atoms with Crippen molar-refractivity contribution in [2.24, 2.45) is 5.73 Å². The van der Waals surface area contributed by atoms with Crippen LogP contribution < -0.4 is 5.73 Å². The summed E-state index contributed by atoms with van der Waals surface area (Å²) in [5.41, 5.74) is 6.28. The molecule has 0 unspecified atom stereocenters. The number of halogens is 1. The first-order valence-corrected chi connectivity index (χ1v) is 6.87. The minimum absolute atomic E-state index is 0.0508. The lowest BCUT2D eigenvalue weighted by atomic mass is 10.1. The molecule has 1 amide bonds. The molecule has 0 heterocycles. The highest BCUT2D eigenvalue weighted by Crippen LogP contribution is 2.25. The fraction of sp³-hybridized carbons (Fsp3) is 0.500. The molecule has 1 aliphatic rings. The van der Waals surface area contributed by atoms with E-state index in [0.29, 0.717) is 29.7 Å². The lowest BCUT2D eigenvalue weighted by molar-refractivity contribution is 0.0688. The Kier molecular flexibility index (Phi) is 4.61. The molecular formula is C14H19ClN2O. The zero-order valence-corrected chi connectivity index (χ0v) is 11.2. The third-order valence-electron chi connectivity index (χ3n) is 3.47. The lowest BCUT2D eigenvalue weighted by Crippen LogP contribution is -2.41. The first-order valence-electron chi connectivity index (χ1n) is 6.49. The second-order valence-corrected chi connectivity index (χ2v) is 5.17. The van der Waals surface area contributed by atoms with Crippen molar-refractivity contribution in [1.82, 2.24) is 4.90 Å². The van der Waals surface area contributed by atoms with E-state index in [-0.39, 0.29) is 5.91 Å². The maximum absolute atomic E-state index is 12.5. The van der Waals surface area contributed by atoms with Crippen LogP contribution in [-0.4, -0.2) is 29.9 Å². The van der Waals surface area contributed by atoms with E-state index in [1.807, 2.05) is 17.0 Å². The largest absolute Gasteiger partial charge is 0.334 e. The molecule has 18 heavy (non-hydrogen) atoms. The summed E-state index contributed by atoms with van der Waals surface area (Å²) in [6.45, 7) is 1.12. The van der Waals surface area contributed by atoms with E-state index >= 15 is 0 Å². The molecule has 0 saturated heterocycles. The molecule has 0 aromatic heterocycles. The van der Waals surface area contributed by atoms with Crippen LogP contribution in [0.2, 0.25) is 5.02 Å². The Labute approximate surface area is 113 Å². The van der Waals surface area contributed by atoms with Crippen molar-refractivity contribution >= 4 is 17.5 Å². The summed E-state index contributed by atoms with van der Waals surface area (Å²) in [4.78, 5) is 14.4. The number of nitrogens with zero attached hydrogens (tertiary/aromatic N) is 1. The van der Waals surface area contributed by atoms with Crippen LogP contribution in [0.15, 0.2) is 24.3 Å². The van der Waals surface area contributed by atoms with Gasteiger partial charge in [0.25, 0.3) is 5.91 Å². The number of benzene rings is 1. The van der Waals surface area contributed by atoms with Gasteiger partial charge in [-0.1, -0.05) is 30.5 Å². The molecule has 1 saturated carbocycles. The van der Waals surface area contributed by atoms with E-state index in [1.165, 1.54) is 12.8 Å². The lowest BCUT2D eigenvalue weighted by Gasteiger charge is -2.28. The third kappa shape index (κ3) is 3.03. The molecule has 1 aromatic rings. The van der Waals surface area contributed by atoms with Crippen molar-refractivity contribution < 1.29 is 4.79 Å². The molecule has 0 spiro atoms. The van der Waals surface area contributed by atoms with Crippen molar-refractivity contribution in [3.8, 4) is 0 Å². The summed E-state index contributed by atoms with van der Waals surface area (Å²) in [6.07, 6.45) is 4.59. The summed E-state index contributed by atoms with van der Waals surface area (Å²) < 4.78 is 0. The van der Waals surface area contributed by atoms with Gasteiger partial charge in [0.05, 0.1) is 0 Å². The Morgan fingerprint density at radius 3 is 2.72 bits per heavy atom. The predicted molar refractivity (Wildman–Crippen MR) is 73.8 cm³/mol. The fourth-order valence-electron chi connectivity index (χ4n) is 2.59. The number of rotatable bonds is 4. The zero-order chi connectivity index (χ0) is 13.0. The maximum atomic E-state index is 12.5. The summed E-state index contributed by atoms with van der Waals surface area (Å²) in [5, 5.41) is 0.597. The molecule has 2 N–H and O–H groups in total. The number of amides is 1. The Morgan fingerprint density at radius 2 is 2.11 bits per heavy atom. The molecule has 0 bridgehead atoms. The van der Waals surface area contributed by atoms with Gasteiger partial charge >= 0.3 is 0 Å². The predicted octanol–water partition coefficient (Wildman–Crippen LogP) is 2.68. The minimum atomic E-state index is 0.0508. The molecule has 3 nitrogen and oxygen atoms in total. The third-order valence-corrected chi connectivity index (χ3v) is 3.70. The highest BCUT2D eigenvalue weighted by atomic mass is 35.5. The van der Waals surface area contributed by atoms with Crippen molar-refractivity contribution in [3.05, 3.63) is 34.9 Å². The van der Waals surface area contributed by atoms with Crippen LogP contribution in [0.4, 0.5) is 0 Å². The molecule has 0 atom stereocenters. The summed E-state index contributed by atoms with van der Waals surface area (Å²) in [6, 6.07) is 7.47. The van der Waals surface area contributed by atoms with E-state index in [2.05, 4.69) is 0 Å². The first kappa shape index (κ1) is 13.4. The zero-order valence-electron chi connectivity index (χ0n) is 10.4. The molecule has 1 aliphatic carbocycles. The number of carbonyl (C=O) groups is 1. The van der Waals surface area contributed by atoms with Crippen LogP contribution in [-0.2, 0) is 0 Å². The normalized spacial score (nSPS) is 15.9. The number of nitrogens with two attached hydrogens (primary N) is 1. The van der Waals surface area contributed by atoms with E-state index in [0.717, 1.165) is 12.8 Å². The number of carbonyl (C=O) groups excluding carboxylic acids is 1. The Balaban J connectivity index is 2.17. The van der Waals surface area contributed by atoms with Gasteiger partial charge in [0.1, 0.15) is 0 Å². The van der Waals surface area contributed by atoms with Crippen LogP contribution >= 0.6 is 11.6 Å². The van der Waals surface area contributed by atoms with Gasteiger partial charge in [0, 0.05) is 29.7 Å². The number of hydrogen-bond donors (Lipinski definition) is 1. The SMILES string of the molecule is NCCN(C(=O)c1cccc(Cl)c1)C1CCCC1. The van der Waals surface area contributed by atoms with Gasteiger partial charge in [-0.3, -0.25) is 4.79 Å². The smallest absolute Gasteiger partial charge is 0.254 e. The second kappa shape index (κ2) is 6.21. The molecule has 2 rings (SSSR count). The molecule has 98 valence electrons. The van der Waals surface area contributed by atoms with E-state index in [1.54, 1.807) is 12.1 Å². The Morgan fingerprint density at radius 1 is 1.39 bits per heavy atom. The summed E-state index contributed by atoms with van der Waals surface area (Å²) >= 11 is 5.93. The van der Waals surface area contributed by atoms with Gasteiger partial charge in [0.2, 0.25) is 0 Å². The van der Waals surface area contributed by atoms with Crippen LogP contribution in [0.3, 0.4) is 0 Å². The second-order valence-electron chi connectivity index (χ2n) is 4.74. The van der Waals surface area contributed by atoms with E-state index < -0.39 is 0 Å². The highest BCUT2D eigenvalue weighted by molar-refractivity contribution is 6.30. The van der Waals surface area contributed by atoms with Crippen molar-refractivity contribution in [3.63, 3.8) is 0 Å². The minimum Gasteiger partial charge on any atom is -0.334 e. The van der Waals surface area contributed by atoms with Gasteiger partial charge < -0.3 is 10.6 Å². The van der Waals surface area contributed by atoms with Crippen molar-refractivity contribution in [2.75, 3.05) is 13.1 Å². The topological polar surface area (TPSA) is 46.3 Å². The Hall–Kier alpha value is -1.06. The molecule has 1 aromatic carbocycles. The van der Waals surface area contributed by atoms with E-state index in [4.69, 9.17) is 17.3 Å². The van der Waals surface area contributed by atoms with Gasteiger partial charge in [-0.25, -0.2) is 0 Å². The Bertz CT molecular complexity index is 416. The standard InChI is InChI=1S/C14H19ClN2O/c15-12-5-3-4-11(10-12)14(18)17(9-8-16)13-6-1-2-7-13/h3-5,10,13H,1-2,6-9,16H2.